The van der Waals surface area contributed by atoms with E-state index in [4.69, 9.17) is 0 Å². The first-order valence-corrected chi connectivity index (χ1v) is 8.38. The van der Waals surface area contributed by atoms with Gasteiger partial charge in [0.1, 0.15) is 0 Å². The molecule has 0 aromatic carbocycles. The van der Waals surface area contributed by atoms with E-state index in [1.54, 1.807) is 0 Å². The molecule has 0 aliphatic heterocycles. The molecule has 1 saturated carbocycles. The molecule has 1 fully saturated rings. The number of carbonyl (C=O) groups is 2. The topological polar surface area (TPSA) is 66.4 Å². The minimum Gasteiger partial charge on any atom is -0.481 e. The van der Waals surface area contributed by atoms with Crippen molar-refractivity contribution in [2.75, 3.05) is 0 Å². The first kappa shape index (κ1) is 18.0. The molecule has 21 heavy (non-hydrogen) atoms. The van der Waals surface area contributed by atoms with Crippen molar-refractivity contribution >= 4 is 11.9 Å². The third-order valence-electron chi connectivity index (χ3n) is 4.60. The summed E-state index contributed by atoms with van der Waals surface area (Å²) in [6, 6.07) is 0.122. The van der Waals surface area contributed by atoms with Crippen molar-refractivity contribution in [1.82, 2.24) is 5.32 Å². The van der Waals surface area contributed by atoms with Crippen LogP contribution in [0.5, 0.6) is 0 Å². The Hall–Kier alpha value is -1.06. The Kier molecular flexibility index (Phi) is 7.20. The lowest BCUT2D eigenvalue weighted by molar-refractivity contribution is -0.153. The third kappa shape index (κ3) is 6.06. The minimum absolute atomic E-state index is 0.101. The molecule has 1 amide bonds. The fourth-order valence-corrected chi connectivity index (χ4v) is 3.16. The van der Waals surface area contributed by atoms with Gasteiger partial charge in [-0.25, -0.2) is 0 Å². The van der Waals surface area contributed by atoms with Gasteiger partial charge in [-0.15, -0.1) is 0 Å². The summed E-state index contributed by atoms with van der Waals surface area (Å²) in [4.78, 5) is 23.9. The van der Waals surface area contributed by atoms with Crippen LogP contribution in [0.25, 0.3) is 0 Å². The highest BCUT2D eigenvalue weighted by Crippen LogP contribution is 2.38. The standard InChI is InChI=1S/C17H31NO3/c1-13(2)8-9-14(3)18-15(19)12-17(16(20)21)10-6-4-5-7-11-17/h13-14H,4-12H2,1-3H3,(H,18,19)(H,20,21). The number of carboxylic acids is 1. The summed E-state index contributed by atoms with van der Waals surface area (Å²) < 4.78 is 0. The molecule has 122 valence electrons. The van der Waals surface area contributed by atoms with Gasteiger partial charge in [-0.05, 0) is 38.5 Å². The molecule has 0 heterocycles. The van der Waals surface area contributed by atoms with Crippen molar-refractivity contribution in [2.45, 2.75) is 84.6 Å². The van der Waals surface area contributed by atoms with Gasteiger partial charge >= 0.3 is 5.97 Å². The summed E-state index contributed by atoms with van der Waals surface area (Å²) >= 11 is 0. The summed E-state index contributed by atoms with van der Waals surface area (Å²) in [6.07, 6.45) is 7.43. The number of aliphatic carboxylic acids is 1. The lowest BCUT2D eigenvalue weighted by Gasteiger charge is -2.28. The number of amides is 1. The van der Waals surface area contributed by atoms with Crippen LogP contribution in [0.1, 0.15) is 78.6 Å². The predicted molar refractivity (Wildman–Crippen MR) is 84.1 cm³/mol. The Labute approximate surface area is 128 Å². The first-order valence-electron chi connectivity index (χ1n) is 8.38. The van der Waals surface area contributed by atoms with Crippen LogP contribution in [0.3, 0.4) is 0 Å². The Morgan fingerprint density at radius 3 is 2.10 bits per heavy atom. The number of nitrogens with one attached hydrogen (secondary N) is 1. The van der Waals surface area contributed by atoms with Crippen molar-refractivity contribution in [3.05, 3.63) is 0 Å². The summed E-state index contributed by atoms with van der Waals surface area (Å²) in [5.41, 5.74) is -0.835. The molecular weight excluding hydrogens is 266 g/mol. The maximum atomic E-state index is 12.2. The van der Waals surface area contributed by atoms with Gasteiger partial charge in [-0.2, -0.15) is 0 Å². The smallest absolute Gasteiger partial charge is 0.310 e. The van der Waals surface area contributed by atoms with Crippen molar-refractivity contribution < 1.29 is 14.7 Å². The van der Waals surface area contributed by atoms with Crippen molar-refractivity contribution in [1.29, 1.82) is 0 Å². The van der Waals surface area contributed by atoms with Crippen LogP contribution in [0.15, 0.2) is 0 Å². The van der Waals surface area contributed by atoms with Crippen LogP contribution in [0.2, 0.25) is 0 Å². The largest absolute Gasteiger partial charge is 0.481 e. The second-order valence-electron chi connectivity index (χ2n) is 7.12. The van der Waals surface area contributed by atoms with E-state index in [0.717, 1.165) is 38.5 Å². The van der Waals surface area contributed by atoms with Gasteiger partial charge in [0.15, 0.2) is 0 Å². The predicted octanol–water partition coefficient (Wildman–Crippen LogP) is 3.74. The van der Waals surface area contributed by atoms with Crippen molar-refractivity contribution in [2.24, 2.45) is 11.3 Å². The first-order chi connectivity index (χ1) is 9.85. The molecule has 0 saturated heterocycles. The van der Waals surface area contributed by atoms with Gasteiger partial charge in [0.25, 0.3) is 0 Å². The van der Waals surface area contributed by atoms with Crippen LogP contribution < -0.4 is 5.32 Å². The molecule has 1 atom stereocenters. The number of carboxylic acid groups (broad SMARTS) is 1. The minimum atomic E-state index is -0.835. The Morgan fingerprint density at radius 1 is 1.05 bits per heavy atom. The molecule has 0 radical (unpaired) electrons. The molecule has 4 nitrogen and oxygen atoms in total. The second-order valence-corrected chi connectivity index (χ2v) is 7.12. The number of hydrogen-bond donors (Lipinski definition) is 2. The van der Waals surface area contributed by atoms with Crippen LogP contribution >= 0.6 is 0 Å². The summed E-state index contributed by atoms with van der Waals surface area (Å²) in [7, 11) is 0. The van der Waals surface area contributed by atoms with Gasteiger partial charge in [-0.1, -0.05) is 39.5 Å². The molecule has 0 bridgehead atoms. The SMILES string of the molecule is CC(C)CCC(C)NC(=O)CC1(C(=O)O)CCCCCC1. The normalized spacial score (nSPS) is 19.8. The van der Waals surface area contributed by atoms with Gasteiger partial charge in [0.2, 0.25) is 5.91 Å². The molecule has 1 aliphatic rings. The Balaban J connectivity index is 2.54. The zero-order valence-corrected chi connectivity index (χ0v) is 13.8. The zero-order chi connectivity index (χ0) is 15.9. The average Bonchev–Trinajstić information content (AvgIpc) is 2.62. The van der Waals surface area contributed by atoms with E-state index in [1.165, 1.54) is 0 Å². The summed E-state index contributed by atoms with van der Waals surface area (Å²) in [6.45, 7) is 6.33. The number of rotatable bonds is 7. The molecule has 1 aliphatic carbocycles. The molecule has 1 unspecified atom stereocenters. The molecule has 0 aromatic heterocycles. The Morgan fingerprint density at radius 2 is 1.62 bits per heavy atom. The quantitative estimate of drug-likeness (QED) is 0.703. The third-order valence-corrected chi connectivity index (χ3v) is 4.60. The maximum Gasteiger partial charge on any atom is 0.310 e. The zero-order valence-electron chi connectivity index (χ0n) is 13.8. The van der Waals surface area contributed by atoms with E-state index in [-0.39, 0.29) is 18.4 Å². The molecule has 0 aromatic rings. The van der Waals surface area contributed by atoms with E-state index in [1.807, 2.05) is 6.92 Å². The van der Waals surface area contributed by atoms with E-state index in [0.29, 0.717) is 18.8 Å². The summed E-state index contributed by atoms with van der Waals surface area (Å²) in [5.74, 6) is -0.276. The van der Waals surface area contributed by atoms with E-state index < -0.39 is 11.4 Å². The maximum absolute atomic E-state index is 12.2. The van der Waals surface area contributed by atoms with E-state index in [2.05, 4.69) is 19.2 Å². The summed E-state index contributed by atoms with van der Waals surface area (Å²) in [5, 5.41) is 12.6. The van der Waals surface area contributed by atoms with Gasteiger partial charge < -0.3 is 10.4 Å². The van der Waals surface area contributed by atoms with Gasteiger partial charge in [0.05, 0.1) is 5.41 Å². The van der Waals surface area contributed by atoms with Gasteiger partial charge in [0, 0.05) is 12.5 Å². The van der Waals surface area contributed by atoms with Crippen molar-refractivity contribution in [3.8, 4) is 0 Å². The molecule has 4 heteroatoms. The fraction of sp³-hybridized carbons (Fsp3) is 0.882. The average molecular weight is 297 g/mol. The molecule has 0 spiro atoms. The molecular formula is C17H31NO3. The lowest BCUT2D eigenvalue weighted by Crippen LogP contribution is -2.40. The second kappa shape index (κ2) is 8.40. The number of carbonyl (C=O) groups excluding carboxylic acids is 1. The highest BCUT2D eigenvalue weighted by atomic mass is 16.4. The van der Waals surface area contributed by atoms with E-state index >= 15 is 0 Å². The highest BCUT2D eigenvalue weighted by molar-refractivity contribution is 5.85. The molecule has 2 N–H and O–H groups in total. The van der Waals surface area contributed by atoms with Crippen LogP contribution in [-0.2, 0) is 9.59 Å². The van der Waals surface area contributed by atoms with Crippen LogP contribution in [0.4, 0.5) is 0 Å². The van der Waals surface area contributed by atoms with E-state index in [9.17, 15) is 14.7 Å². The van der Waals surface area contributed by atoms with Crippen LogP contribution in [0, 0.1) is 11.3 Å². The fourth-order valence-electron chi connectivity index (χ4n) is 3.16. The monoisotopic (exact) mass is 297 g/mol. The highest BCUT2D eigenvalue weighted by Gasteiger charge is 2.40. The number of hydrogen-bond acceptors (Lipinski definition) is 2. The Bertz CT molecular complexity index is 344. The lowest BCUT2D eigenvalue weighted by atomic mass is 9.77. The van der Waals surface area contributed by atoms with Crippen LogP contribution in [-0.4, -0.2) is 23.0 Å². The molecule has 1 rings (SSSR count). The van der Waals surface area contributed by atoms with Crippen molar-refractivity contribution in [3.63, 3.8) is 0 Å². The van der Waals surface area contributed by atoms with Gasteiger partial charge in [-0.3, -0.25) is 9.59 Å².